The van der Waals surface area contributed by atoms with Crippen LogP contribution in [0.5, 0.6) is 0 Å². The van der Waals surface area contributed by atoms with E-state index < -0.39 is 57.4 Å². The number of rotatable bonds is 10. The van der Waals surface area contributed by atoms with Crippen molar-refractivity contribution in [2.45, 2.75) is 62.1 Å². The van der Waals surface area contributed by atoms with Crippen molar-refractivity contribution in [2.75, 3.05) is 12.8 Å². The number of carboxylic acid groups (broad SMARTS) is 1. The lowest BCUT2D eigenvalue weighted by Crippen LogP contribution is -2.59. The number of halogens is 4. The predicted octanol–water partition coefficient (Wildman–Crippen LogP) is 5.67. The van der Waals surface area contributed by atoms with Crippen molar-refractivity contribution < 1.29 is 36.7 Å². The quantitative estimate of drug-likeness (QED) is 0.249. The first-order chi connectivity index (χ1) is 22.2. The Morgan fingerprint density at radius 1 is 1.00 bits per heavy atom. The first-order valence-corrected chi connectivity index (χ1v) is 17.7. The van der Waals surface area contributed by atoms with Crippen molar-refractivity contribution in [3.05, 3.63) is 105 Å². The second kappa shape index (κ2) is 13.9. The molecule has 3 aromatic carbocycles. The lowest BCUT2D eigenvalue weighted by atomic mass is 9.76. The molecular weight excluding hydrogens is 675 g/mol. The normalized spacial score (nSPS) is 21.6. The highest BCUT2D eigenvalue weighted by Crippen LogP contribution is 2.48. The number of hydrogen-bond acceptors (Lipinski definition) is 5. The van der Waals surface area contributed by atoms with Gasteiger partial charge in [0.15, 0.2) is 0 Å². The number of carbonyl (C=O) groups excluding carboxylic acids is 2. The summed E-state index contributed by atoms with van der Waals surface area (Å²) in [5.74, 6) is -8.02. The van der Waals surface area contributed by atoms with Gasteiger partial charge >= 0.3 is 11.9 Å². The van der Waals surface area contributed by atoms with Gasteiger partial charge in [0.1, 0.15) is 0 Å². The van der Waals surface area contributed by atoms with Gasteiger partial charge in [-0.3, -0.25) is 9.59 Å². The average Bonchev–Trinajstić information content (AvgIpc) is 3.01. The number of fused-ring (bicyclic) bond motifs is 1. The van der Waals surface area contributed by atoms with E-state index in [1.807, 2.05) is 0 Å². The van der Waals surface area contributed by atoms with E-state index in [0.717, 1.165) is 31.2 Å². The Morgan fingerprint density at radius 3 is 2.34 bits per heavy atom. The maximum atomic E-state index is 14.4. The molecule has 2 amide bonds. The summed E-state index contributed by atoms with van der Waals surface area (Å²) in [6.07, 6.45) is 3.81. The molecule has 4 atom stereocenters. The predicted molar refractivity (Wildman–Crippen MR) is 173 cm³/mol. The van der Waals surface area contributed by atoms with Crippen molar-refractivity contribution in [2.24, 2.45) is 0 Å². The summed E-state index contributed by atoms with van der Waals surface area (Å²) < 4.78 is 55.2. The average molecular weight is 709 g/mol. The van der Waals surface area contributed by atoms with Gasteiger partial charge in [0.25, 0.3) is 5.91 Å². The summed E-state index contributed by atoms with van der Waals surface area (Å²) in [6, 6.07) is 14.3. The second-order valence-electron chi connectivity index (χ2n) is 11.9. The number of amides is 2. The number of carboxylic acids is 1. The SMILES string of the molecule is CS(=O)(=O)N[C@H]1CCCC[C@@H]1N1C(=O)c2ccccc2[C@@H](C(=O)NCCc2ccc(C(F)(F)C(=O)O)cc2)[C@@H]1c1ccc(Cl)cc1Cl. The third-order valence-electron chi connectivity index (χ3n) is 8.69. The van der Waals surface area contributed by atoms with E-state index in [0.29, 0.717) is 40.1 Å². The highest BCUT2D eigenvalue weighted by Gasteiger charge is 2.49. The van der Waals surface area contributed by atoms with Gasteiger partial charge in [0.05, 0.1) is 18.2 Å². The Kier molecular flexibility index (Phi) is 10.3. The molecule has 2 aliphatic rings. The number of sulfonamides is 1. The first kappa shape index (κ1) is 34.7. The summed E-state index contributed by atoms with van der Waals surface area (Å²) in [5.41, 5.74) is 1.19. The van der Waals surface area contributed by atoms with Crippen molar-refractivity contribution in [1.29, 1.82) is 0 Å². The summed E-state index contributed by atoms with van der Waals surface area (Å²) in [6.45, 7) is 0.100. The van der Waals surface area contributed by atoms with Gasteiger partial charge in [-0.15, -0.1) is 0 Å². The van der Waals surface area contributed by atoms with E-state index >= 15 is 0 Å². The Bertz CT molecular complexity index is 1790. The van der Waals surface area contributed by atoms with E-state index in [2.05, 4.69) is 10.0 Å². The van der Waals surface area contributed by atoms with E-state index in [-0.39, 0.29) is 23.9 Å². The standard InChI is InChI=1S/C33H33Cl2F2N3O6S/c1-47(45,46)39-26-8-4-5-9-27(26)40-29(24-15-14-21(34)18-25(24)35)28(22-6-2-3-7-23(22)31(40)42)30(41)38-17-16-19-10-12-20(13-11-19)33(36,37)32(43)44/h2-3,6-7,10-15,18,26-29,39H,4-5,8-9,16-17H2,1H3,(H,38,41)(H,43,44)/t26-,27-,28+,29-/m0/s1. The smallest absolute Gasteiger partial charge is 0.379 e. The van der Waals surface area contributed by atoms with Gasteiger partial charge in [-0.05, 0) is 54.2 Å². The summed E-state index contributed by atoms with van der Waals surface area (Å²) in [5, 5.41) is 12.3. The first-order valence-electron chi connectivity index (χ1n) is 15.0. The summed E-state index contributed by atoms with van der Waals surface area (Å²) in [4.78, 5) is 41.1. The van der Waals surface area contributed by atoms with E-state index in [4.69, 9.17) is 28.3 Å². The molecule has 0 unspecified atom stereocenters. The van der Waals surface area contributed by atoms with Crippen molar-refractivity contribution in [3.63, 3.8) is 0 Å². The monoisotopic (exact) mass is 707 g/mol. The van der Waals surface area contributed by atoms with E-state index in [1.165, 1.54) is 18.2 Å². The van der Waals surface area contributed by atoms with Crippen LogP contribution in [0.4, 0.5) is 8.78 Å². The zero-order valence-corrected chi connectivity index (χ0v) is 27.6. The molecule has 0 bridgehead atoms. The molecule has 0 aromatic heterocycles. The second-order valence-corrected chi connectivity index (χ2v) is 14.5. The molecular formula is C33H33Cl2F2N3O6S. The highest BCUT2D eigenvalue weighted by atomic mass is 35.5. The molecule has 1 fully saturated rings. The third-order valence-corrected chi connectivity index (χ3v) is 9.98. The van der Waals surface area contributed by atoms with Crippen LogP contribution in [0.15, 0.2) is 66.7 Å². The lowest BCUT2D eigenvalue weighted by Gasteiger charge is -2.49. The molecule has 3 aromatic rings. The molecule has 250 valence electrons. The molecule has 5 rings (SSSR count). The Hall–Kier alpha value is -3.58. The fourth-order valence-corrected chi connectivity index (χ4v) is 7.92. The van der Waals surface area contributed by atoms with Crippen LogP contribution in [0.1, 0.15) is 70.3 Å². The maximum Gasteiger partial charge on any atom is 0.379 e. The van der Waals surface area contributed by atoms with Gasteiger partial charge in [0, 0.05) is 39.8 Å². The number of nitrogens with zero attached hydrogens (tertiary/aromatic N) is 1. The van der Waals surface area contributed by atoms with Gasteiger partial charge in [0.2, 0.25) is 15.9 Å². The minimum absolute atomic E-state index is 0.100. The van der Waals surface area contributed by atoms with Crippen LogP contribution in [0.3, 0.4) is 0 Å². The fraction of sp³-hybridized carbons (Fsp3) is 0.364. The highest BCUT2D eigenvalue weighted by molar-refractivity contribution is 7.88. The Labute approximate surface area is 281 Å². The molecule has 1 heterocycles. The van der Waals surface area contributed by atoms with Crippen molar-refractivity contribution in [3.8, 4) is 0 Å². The van der Waals surface area contributed by atoms with Crippen LogP contribution >= 0.6 is 23.2 Å². The minimum Gasteiger partial charge on any atom is -0.477 e. The molecule has 1 aliphatic carbocycles. The van der Waals surface area contributed by atoms with Gasteiger partial charge in [-0.1, -0.05) is 84.6 Å². The third kappa shape index (κ3) is 7.45. The molecule has 14 heteroatoms. The molecule has 1 saturated carbocycles. The number of carbonyl (C=O) groups is 3. The number of alkyl halides is 2. The van der Waals surface area contributed by atoms with Crippen molar-refractivity contribution in [1.82, 2.24) is 14.9 Å². The number of nitrogens with one attached hydrogen (secondary N) is 2. The Balaban J connectivity index is 1.51. The van der Waals surface area contributed by atoms with Crippen molar-refractivity contribution >= 4 is 51.0 Å². The molecule has 3 N–H and O–H groups in total. The van der Waals surface area contributed by atoms with Crippen LogP contribution in [-0.2, 0) is 32.0 Å². The van der Waals surface area contributed by atoms with Gasteiger partial charge in [-0.2, -0.15) is 8.78 Å². The zero-order chi connectivity index (χ0) is 34.1. The zero-order valence-electron chi connectivity index (χ0n) is 25.3. The van der Waals surface area contributed by atoms with E-state index in [9.17, 15) is 31.6 Å². The molecule has 0 spiro atoms. The fourth-order valence-electron chi connectivity index (χ4n) is 6.57. The summed E-state index contributed by atoms with van der Waals surface area (Å²) >= 11 is 13.0. The van der Waals surface area contributed by atoms with Crippen LogP contribution in [0.2, 0.25) is 10.0 Å². The van der Waals surface area contributed by atoms with Gasteiger partial charge < -0.3 is 15.3 Å². The van der Waals surface area contributed by atoms with Gasteiger partial charge in [-0.25, -0.2) is 17.9 Å². The van der Waals surface area contributed by atoms with Crippen LogP contribution in [0.25, 0.3) is 0 Å². The maximum absolute atomic E-state index is 14.4. The molecule has 9 nitrogen and oxygen atoms in total. The number of aliphatic carboxylic acids is 1. The van der Waals surface area contributed by atoms with E-state index in [1.54, 1.807) is 41.3 Å². The molecule has 0 radical (unpaired) electrons. The molecule has 1 aliphatic heterocycles. The Morgan fingerprint density at radius 2 is 1.68 bits per heavy atom. The lowest BCUT2D eigenvalue weighted by molar-refractivity contribution is -0.166. The molecule has 47 heavy (non-hydrogen) atoms. The molecule has 0 saturated heterocycles. The van der Waals surface area contributed by atoms with Crippen LogP contribution in [-0.4, -0.2) is 61.1 Å². The number of benzene rings is 3. The topological polar surface area (TPSA) is 133 Å². The summed E-state index contributed by atoms with van der Waals surface area (Å²) in [7, 11) is -3.63. The van der Waals surface area contributed by atoms with Crippen LogP contribution in [0, 0.1) is 0 Å². The minimum atomic E-state index is -4.03. The number of hydrogen-bond donors (Lipinski definition) is 3. The van der Waals surface area contributed by atoms with Crippen LogP contribution < -0.4 is 10.0 Å². The largest absolute Gasteiger partial charge is 0.477 e.